The minimum atomic E-state index is -0.0301. The summed E-state index contributed by atoms with van der Waals surface area (Å²) in [6, 6.07) is 6.24. The molecular weight excluding hydrogens is 344 g/mol. The Kier molecular flexibility index (Phi) is 5.43. The van der Waals surface area contributed by atoms with Gasteiger partial charge in [-0.15, -0.1) is 0 Å². The summed E-state index contributed by atoms with van der Waals surface area (Å²) in [5.74, 6) is 1.84. The lowest BCUT2D eigenvalue weighted by atomic mass is 9.78. The molecule has 1 aliphatic carbocycles. The number of carbonyl (C=O) groups is 1. The van der Waals surface area contributed by atoms with Gasteiger partial charge in [0.2, 0.25) is 0 Å². The van der Waals surface area contributed by atoms with Gasteiger partial charge in [-0.1, -0.05) is 18.9 Å². The summed E-state index contributed by atoms with van der Waals surface area (Å²) in [6.45, 7) is 3.41. The molecule has 2 N–H and O–H groups in total. The smallest absolute Gasteiger partial charge is 0.317 e. The number of nitrogens with zero attached hydrogens (tertiary/aromatic N) is 1. The van der Waals surface area contributed by atoms with Crippen LogP contribution in [0.5, 0.6) is 11.5 Å². The maximum absolute atomic E-state index is 12.7. The van der Waals surface area contributed by atoms with Crippen molar-refractivity contribution in [3.8, 4) is 11.5 Å². The molecule has 2 fully saturated rings. The number of amides is 2. The topological polar surface area (TPSA) is 71.0 Å². The van der Waals surface area contributed by atoms with E-state index in [1.54, 1.807) is 0 Å². The molecule has 0 aromatic heterocycles. The van der Waals surface area contributed by atoms with E-state index < -0.39 is 0 Å². The zero-order valence-corrected chi connectivity index (χ0v) is 15.9. The predicted octanol–water partition coefficient (Wildman–Crippen LogP) is 2.68. The Bertz CT molecular complexity index is 672. The summed E-state index contributed by atoms with van der Waals surface area (Å²) >= 11 is 0. The molecule has 2 amide bonds. The number of urea groups is 1. The van der Waals surface area contributed by atoms with Gasteiger partial charge in [0.1, 0.15) is 13.2 Å². The molecule has 3 aliphatic rings. The van der Waals surface area contributed by atoms with Gasteiger partial charge in [0.15, 0.2) is 11.5 Å². The molecule has 0 radical (unpaired) electrons. The van der Waals surface area contributed by atoms with Crippen molar-refractivity contribution in [1.29, 1.82) is 0 Å². The number of nitrogens with one attached hydrogen (secondary N) is 1. The zero-order chi connectivity index (χ0) is 18.7. The van der Waals surface area contributed by atoms with Gasteiger partial charge in [-0.25, -0.2) is 4.79 Å². The van der Waals surface area contributed by atoms with Crippen LogP contribution in [-0.4, -0.2) is 55.5 Å². The SMILES string of the molecule is O=C(NCC1(c2ccc3c(c2)OCCO3)CCCC1)N1CCCC(CO)C1. The van der Waals surface area contributed by atoms with E-state index in [4.69, 9.17) is 9.47 Å². The van der Waals surface area contributed by atoms with Gasteiger partial charge in [0.05, 0.1) is 0 Å². The second-order valence-corrected chi connectivity index (χ2v) is 8.14. The molecule has 6 nitrogen and oxygen atoms in total. The van der Waals surface area contributed by atoms with E-state index in [0.29, 0.717) is 26.3 Å². The largest absolute Gasteiger partial charge is 0.486 e. The van der Waals surface area contributed by atoms with Crippen LogP contribution >= 0.6 is 0 Å². The summed E-state index contributed by atoms with van der Waals surface area (Å²) < 4.78 is 11.4. The zero-order valence-electron chi connectivity index (χ0n) is 15.9. The fraction of sp³-hybridized carbons (Fsp3) is 0.667. The second-order valence-electron chi connectivity index (χ2n) is 8.14. The molecule has 6 heteroatoms. The van der Waals surface area contributed by atoms with Crippen LogP contribution < -0.4 is 14.8 Å². The lowest BCUT2D eigenvalue weighted by Gasteiger charge is -2.35. The third-order valence-electron chi connectivity index (χ3n) is 6.36. The number of benzene rings is 1. The third-order valence-corrected chi connectivity index (χ3v) is 6.36. The summed E-state index contributed by atoms with van der Waals surface area (Å²) in [5, 5.41) is 12.6. The summed E-state index contributed by atoms with van der Waals surface area (Å²) in [7, 11) is 0. The van der Waals surface area contributed by atoms with Crippen LogP contribution in [-0.2, 0) is 5.41 Å². The number of carbonyl (C=O) groups excluding carboxylic acids is 1. The number of fused-ring (bicyclic) bond motifs is 1. The van der Waals surface area contributed by atoms with E-state index in [1.165, 1.54) is 18.4 Å². The molecule has 0 bridgehead atoms. The molecule has 1 atom stereocenters. The number of hydrogen-bond acceptors (Lipinski definition) is 4. The highest BCUT2D eigenvalue weighted by Gasteiger charge is 2.37. The van der Waals surface area contributed by atoms with Crippen molar-refractivity contribution in [2.45, 2.75) is 43.9 Å². The number of likely N-dealkylation sites (tertiary alicyclic amines) is 1. The molecule has 148 valence electrons. The minimum absolute atomic E-state index is 0.00281. The molecule has 2 aliphatic heterocycles. The molecular formula is C21H30N2O4. The van der Waals surface area contributed by atoms with Gasteiger partial charge in [-0.3, -0.25) is 0 Å². The van der Waals surface area contributed by atoms with Gasteiger partial charge < -0.3 is 24.8 Å². The standard InChI is InChI=1S/C21H30N2O4/c24-14-16-4-3-9-23(13-16)20(25)22-15-21(7-1-2-8-21)17-5-6-18-19(12-17)27-11-10-26-18/h5-6,12,16,24H,1-4,7-11,13-15H2,(H,22,25). The van der Waals surface area contributed by atoms with Crippen LogP contribution in [0, 0.1) is 5.92 Å². The highest BCUT2D eigenvalue weighted by atomic mass is 16.6. The van der Waals surface area contributed by atoms with Gasteiger partial charge in [0.25, 0.3) is 0 Å². The Morgan fingerprint density at radius 3 is 2.74 bits per heavy atom. The van der Waals surface area contributed by atoms with Gasteiger partial charge in [-0.05, 0) is 49.3 Å². The Hall–Kier alpha value is -1.95. The average Bonchev–Trinajstić information content (AvgIpc) is 3.22. The van der Waals surface area contributed by atoms with Crippen molar-refractivity contribution in [3.63, 3.8) is 0 Å². The van der Waals surface area contributed by atoms with Crippen molar-refractivity contribution in [2.24, 2.45) is 5.92 Å². The van der Waals surface area contributed by atoms with Crippen molar-refractivity contribution in [2.75, 3.05) is 39.5 Å². The van der Waals surface area contributed by atoms with Crippen LogP contribution in [0.25, 0.3) is 0 Å². The van der Waals surface area contributed by atoms with E-state index in [1.807, 2.05) is 11.0 Å². The van der Waals surface area contributed by atoms with Gasteiger partial charge in [-0.2, -0.15) is 0 Å². The summed E-state index contributed by atoms with van der Waals surface area (Å²) in [4.78, 5) is 14.6. The number of hydrogen-bond donors (Lipinski definition) is 2. The average molecular weight is 374 g/mol. The Morgan fingerprint density at radius 2 is 1.96 bits per heavy atom. The van der Waals surface area contributed by atoms with Crippen LogP contribution in [0.2, 0.25) is 0 Å². The van der Waals surface area contributed by atoms with E-state index in [-0.39, 0.29) is 24.0 Å². The first-order valence-electron chi connectivity index (χ1n) is 10.2. The fourth-order valence-corrected chi connectivity index (χ4v) is 4.75. The lowest BCUT2D eigenvalue weighted by Crippen LogP contribution is -2.49. The highest BCUT2D eigenvalue weighted by Crippen LogP contribution is 2.43. The number of piperidine rings is 1. The Morgan fingerprint density at radius 1 is 1.19 bits per heavy atom. The molecule has 1 aromatic carbocycles. The first-order chi connectivity index (χ1) is 13.2. The molecule has 1 saturated carbocycles. The van der Waals surface area contributed by atoms with Gasteiger partial charge in [0, 0.05) is 31.7 Å². The van der Waals surface area contributed by atoms with Gasteiger partial charge >= 0.3 is 6.03 Å². The fourth-order valence-electron chi connectivity index (χ4n) is 4.75. The Labute approximate surface area is 160 Å². The maximum Gasteiger partial charge on any atom is 0.317 e. The first kappa shape index (κ1) is 18.4. The molecule has 1 aromatic rings. The maximum atomic E-state index is 12.7. The molecule has 1 unspecified atom stereocenters. The number of aliphatic hydroxyl groups excluding tert-OH is 1. The van der Waals surface area contributed by atoms with E-state index in [0.717, 1.165) is 43.7 Å². The van der Waals surface area contributed by atoms with Crippen LogP contribution in [0.4, 0.5) is 4.79 Å². The molecule has 2 heterocycles. The molecule has 0 spiro atoms. The van der Waals surface area contributed by atoms with Crippen molar-refractivity contribution < 1.29 is 19.4 Å². The van der Waals surface area contributed by atoms with E-state index in [9.17, 15) is 9.90 Å². The highest BCUT2D eigenvalue weighted by molar-refractivity contribution is 5.74. The van der Waals surface area contributed by atoms with Crippen molar-refractivity contribution >= 4 is 6.03 Å². The molecule has 1 saturated heterocycles. The van der Waals surface area contributed by atoms with E-state index >= 15 is 0 Å². The third kappa shape index (κ3) is 3.86. The monoisotopic (exact) mass is 374 g/mol. The minimum Gasteiger partial charge on any atom is -0.486 e. The lowest BCUT2D eigenvalue weighted by molar-refractivity contribution is 0.128. The predicted molar refractivity (Wildman–Crippen MR) is 102 cm³/mol. The van der Waals surface area contributed by atoms with Crippen molar-refractivity contribution in [3.05, 3.63) is 23.8 Å². The molecule has 4 rings (SSSR count). The normalized spacial score (nSPS) is 23.9. The molecule has 27 heavy (non-hydrogen) atoms. The summed E-state index contributed by atoms with van der Waals surface area (Å²) in [6.07, 6.45) is 6.48. The van der Waals surface area contributed by atoms with Crippen LogP contribution in [0.1, 0.15) is 44.1 Å². The van der Waals surface area contributed by atoms with E-state index in [2.05, 4.69) is 17.4 Å². The van der Waals surface area contributed by atoms with Crippen LogP contribution in [0.3, 0.4) is 0 Å². The Balaban J connectivity index is 1.45. The first-order valence-corrected chi connectivity index (χ1v) is 10.2. The summed E-state index contributed by atoms with van der Waals surface area (Å²) in [5.41, 5.74) is 1.20. The quantitative estimate of drug-likeness (QED) is 0.850. The number of aliphatic hydroxyl groups is 1. The van der Waals surface area contributed by atoms with Crippen molar-refractivity contribution in [1.82, 2.24) is 10.2 Å². The second kappa shape index (κ2) is 7.97. The number of ether oxygens (including phenoxy) is 2. The number of rotatable bonds is 4. The van der Waals surface area contributed by atoms with Crippen LogP contribution in [0.15, 0.2) is 18.2 Å².